The summed E-state index contributed by atoms with van der Waals surface area (Å²) in [6, 6.07) is 1.94. The van der Waals surface area contributed by atoms with Crippen LogP contribution in [0.4, 0.5) is 4.79 Å². The maximum atomic E-state index is 11.2. The van der Waals surface area contributed by atoms with E-state index in [1.165, 1.54) is 0 Å². The van der Waals surface area contributed by atoms with Crippen molar-refractivity contribution in [2.24, 2.45) is 0 Å². The van der Waals surface area contributed by atoms with E-state index in [-0.39, 0.29) is 11.6 Å². The van der Waals surface area contributed by atoms with Gasteiger partial charge in [0.25, 0.3) is 0 Å². The molecule has 0 aliphatic carbocycles. The van der Waals surface area contributed by atoms with Crippen LogP contribution in [0.25, 0.3) is 0 Å². The van der Waals surface area contributed by atoms with Gasteiger partial charge < -0.3 is 10.1 Å². The van der Waals surface area contributed by atoms with Gasteiger partial charge in [-0.3, -0.25) is 0 Å². The SMILES string of the molecule is CC(C)(C)NC(=O)OCc1ccsc1. The van der Waals surface area contributed by atoms with Gasteiger partial charge in [0.1, 0.15) is 6.61 Å². The molecule has 14 heavy (non-hydrogen) atoms. The zero-order valence-electron chi connectivity index (χ0n) is 8.66. The number of thiophene rings is 1. The molecule has 1 heterocycles. The molecule has 78 valence electrons. The number of nitrogens with one attached hydrogen (secondary N) is 1. The van der Waals surface area contributed by atoms with Crippen molar-refractivity contribution >= 4 is 17.4 Å². The molecule has 0 fully saturated rings. The Morgan fingerprint density at radius 1 is 1.57 bits per heavy atom. The topological polar surface area (TPSA) is 38.3 Å². The normalized spacial score (nSPS) is 11.1. The molecule has 1 rings (SSSR count). The molecule has 0 saturated heterocycles. The third kappa shape index (κ3) is 4.28. The first-order valence-electron chi connectivity index (χ1n) is 4.43. The number of ether oxygens (including phenoxy) is 1. The molecule has 0 aliphatic rings. The molecular weight excluding hydrogens is 198 g/mol. The standard InChI is InChI=1S/C10H15NO2S/c1-10(2,3)11-9(12)13-6-8-4-5-14-7-8/h4-5,7H,6H2,1-3H3,(H,11,12). The molecule has 1 N–H and O–H groups in total. The molecular formula is C10H15NO2S. The molecule has 1 aromatic heterocycles. The maximum absolute atomic E-state index is 11.2. The Bertz CT molecular complexity index is 288. The molecule has 0 unspecified atom stereocenters. The minimum absolute atomic E-state index is 0.244. The maximum Gasteiger partial charge on any atom is 0.407 e. The average molecular weight is 213 g/mol. The summed E-state index contributed by atoms with van der Waals surface area (Å²) in [4.78, 5) is 11.2. The summed E-state index contributed by atoms with van der Waals surface area (Å²) in [6.45, 7) is 6.09. The molecule has 1 amide bonds. The van der Waals surface area contributed by atoms with Gasteiger partial charge in [0, 0.05) is 11.1 Å². The predicted octanol–water partition coefficient (Wildman–Crippen LogP) is 2.77. The van der Waals surface area contributed by atoms with Crippen LogP contribution in [0.3, 0.4) is 0 Å². The van der Waals surface area contributed by atoms with Gasteiger partial charge in [0.2, 0.25) is 0 Å². The molecule has 0 atom stereocenters. The Balaban J connectivity index is 2.29. The summed E-state index contributed by atoms with van der Waals surface area (Å²) in [5.41, 5.74) is 0.783. The van der Waals surface area contributed by atoms with Crippen LogP contribution >= 0.6 is 11.3 Å². The third-order valence-electron chi connectivity index (χ3n) is 1.43. The van der Waals surface area contributed by atoms with E-state index in [1.807, 2.05) is 37.6 Å². The zero-order chi connectivity index (χ0) is 10.6. The highest BCUT2D eigenvalue weighted by molar-refractivity contribution is 7.07. The third-order valence-corrected chi connectivity index (χ3v) is 2.16. The highest BCUT2D eigenvalue weighted by Crippen LogP contribution is 2.07. The lowest BCUT2D eigenvalue weighted by Crippen LogP contribution is -2.40. The first-order valence-corrected chi connectivity index (χ1v) is 5.38. The molecule has 0 aromatic carbocycles. The number of hydrogen-bond acceptors (Lipinski definition) is 3. The fraction of sp³-hybridized carbons (Fsp3) is 0.500. The molecule has 0 radical (unpaired) electrons. The zero-order valence-corrected chi connectivity index (χ0v) is 9.48. The molecule has 3 nitrogen and oxygen atoms in total. The van der Waals surface area contributed by atoms with Gasteiger partial charge in [-0.15, -0.1) is 0 Å². The van der Waals surface area contributed by atoms with Crippen LogP contribution in [0.1, 0.15) is 26.3 Å². The summed E-state index contributed by atoms with van der Waals surface area (Å²) in [6.07, 6.45) is -0.372. The molecule has 0 bridgehead atoms. The second-order valence-electron chi connectivity index (χ2n) is 4.08. The fourth-order valence-corrected chi connectivity index (χ4v) is 1.52. The van der Waals surface area contributed by atoms with Crippen molar-refractivity contribution < 1.29 is 9.53 Å². The van der Waals surface area contributed by atoms with E-state index in [1.54, 1.807) is 11.3 Å². The van der Waals surface area contributed by atoms with Gasteiger partial charge in [-0.05, 0) is 37.6 Å². The van der Waals surface area contributed by atoms with Crippen molar-refractivity contribution in [1.82, 2.24) is 5.32 Å². The fourth-order valence-electron chi connectivity index (χ4n) is 0.866. The molecule has 0 aliphatic heterocycles. The van der Waals surface area contributed by atoms with Crippen LogP contribution in [0.2, 0.25) is 0 Å². The predicted molar refractivity (Wildman–Crippen MR) is 57.4 cm³/mol. The van der Waals surface area contributed by atoms with Gasteiger partial charge in [-0.2, -0.15) is 11.3 Å². The van der Waals surface area contributed by atoms with E-state index in [0.29, 0.717) is 6.61 Å². The van der Waals surface area contributed by atoms with E-state index < -0.39 is 0 Å². The molecule has 0 spiro atoms. The summed E-state index contributed by atoms with van der Waals surface area (Å²) < 4.78 is 5.02. The molecule has 4 heteroatoms. The number of alkyl carbamates (subject to hydrolysis) is 1. The summed E-state index contributed by atoms with van der Waals surface area (Å²) >= 11 is 1.59. The smallest absolute Gasteiger partial charge is 0.407 e. The summed E-state index contributed by atoms with van der Waals surface area (Å²) in [5.74, 6) is 0. The summed E-state index contributed by atoms with van der Waals surface area (Å²) in [5, 5.41) is 6.65. The first-order chi connectivity index (χ1) is 6.47. The Hall–Kier alpha value is -1.03. The highest BCUT2D eigenvalue weighted by Gasteiger charge is 2.14. The van der Waals surface area contributed by atoms with Gasteiger partial charge >= 0.3 is 6.09 Å². The van der Waals surface area contributed by atoms with Gasteiger partial charge in [-0.1, -0.05) is 0 Å². The van der Waals surface area contributed by atoms with E-state index in [2.05, 4.69) is 5.32 Å². The number of carbonyl (C=O) groups is 1. The lowest BCUT2D eigenvalue weighted by atomic mass is 10.1. The van der Waals surface area contributed by atoms with Crippen molar-refractivity contribution in [3.63, 3.8) is 0 Å². The number of rotatable bonds is 2. The average Bonchev–Trinajstić information content (AvgIpc) is 2.49. The van der Waals surface area contributed by atoms with Crippen molar-refractivity contribution in [3.8, 4) is 0 Å². The van der Waals surface area contributed by atoms with Gasteiger partial charge in [0.05, 0.1) is 0 Å². The van der Waals surface area contributed by atoms with E-state index in [0.717, 1.165) is 5.56 Å². The van der Waals surface area contributed by atoms with Crippen molar-refractivity contribution in [1.29, 1.82) is 0 Å². The minimum Gasteiger partial charge on any atom is -0.445 e. The van der Waals surface area contributed by atoms with E-state index in [9.17, 15) is 4.79 Å². The van der Waals surface area contributed by atoms with Crippen molar-refractivity contribution in [2.75, 3.05) is 0 Å². The largest absolute Gasteiger partial charge is 0.445 e. The van der Waals surface area contributed by atoms with Crippen molar-refractivity contribution in [3.05, 3.63) is 22.4 Å². The Morgan fingerprint density at radius 3 is 2.79 bits per heavy atom. The number of hydrogen-bond donors (Lipinski definition) is 1. The van der Waals surface area contributed by atoms with Crippen LogP contribution in [-0.2, 0) is 11.3 Å². The van der Waals surface area contributed by atoms with Gasteiger partial charge in [0.15, 0.2) is 0 Å². The summed E-state index contributed by atoms with van der Waals surface area (Å²) in [7, 11) is 0. The lowest BCUT2D eigenvalue weighted by Gasteiger charge is -2.19. The van der Waals surface area contributed by atoms with Crippen molar-refractivity contribution in [2.45, 2.75) is 32.9 Å². The molecule has 1 aromatic rings. The van der Waals surface area contributed by atoms with E-state index in [4.69, 9.17) is 4.74 Å². The van der Waals surface area contributed by atoms with Crippen LogP contribution in [-0.4, -0.2) is 11.6 Å². The second kappa shape index (κ2) is 4.46. The lowest BCUT2D eigenvalue weighted by molar-refractivity contribution is 0.131. The first kappa shape index (κ1) is 11.0. The number of amides is 1. The monoisotopic (exact) mass is 213 g/mol. The van der Waals surface area contributed by atoms with Crippen LogP contribution < -0.4 is 5.32 Å². The highest BCUT2D eigenvalue weighted by atomic mass is 32.1. The number of carbonyl (C=O) groups excluding carboxylic acids is 1. The molecule has 0 saturated carbocycles. The van der Waals surface area contributed by atoms with Gasteiger partial charge in [-0.25, -0.2) is 4.79 Å². The van der Waals surface area contributed by atoms with Crippen LogP contribution in [0.5, 0.6) is 0 Å². The Labute approximate surface area is 88.1 Å². The Kier molecular flexibility index (Phi) is 3.52. The minimum atomic E-state index is -0.372. The second-order valence-corrected chi connectivity index (χ2v) is 4.86. The van der Waals surface area contributed by atoms with Crippen LogP contribution in [0.15, 0.2) is 16.8 Å². The quantitative estimate of drug-likeness (QED) is 0.820. The van der Waals surface area contributed by atoms with E-state index >= 15 is 0 Å². The van der Waals surface area contributed by atoms with Crippen LogP contribution in [0, 0.1) is 0 Å². The Morgan fingerprint density at radius 2 is 2.29 bits per heavy atom.